The summed E-state index contributed by atoms with van der Waals surface area (Å²) in [6, 6.07) is 0. The zero-order valence-electron chi connectivity index (χ0n) is 7.05. The fourth-order valence-corrected chi connectivity index (χ4v) is 0.530. The summed E-state index contributed by atoms with van der Waals surface area (Å²) >= 11 is 0. The van der Waals surface area contributed by atoms with Crippen LogP contribution in [0.15, 0.2) is 12.2 Å². The molecule has 0 aromatic carbocycles. The molecular weight excluding hydrogens is 144 g/mol. The van der Waals surface area contributed by atoms with Crippen LogP contribution in [-0.4, -0.2) is 26.3 Å². The summed E-state index contributed by atoms with van der Waals surface area (Å²) in [6.45, 7) is 6.12. The van der Waals surface area contributed by atoms with Gasteiger partial charge < -0.3 is 9.47 Å². The smallest absolute Gasteiger partial charge is 0.335 e. The first kappa shape index (κ1) is 10.2. The lowest BCUT2D eigenvalue weighted by molar-refractivity contribution is -0.139. The summed E-state index contributed by atoms with van der Waals surface area (Å²) in [6.07, 6.45) is 0.825. The molecule has 0 atom stereocenters. The third-order valence-corrected chi connectivity index (χ3v) is 1.04. The Kier molecular flexibility index (Phi) is 5.47. The van der Waals surface area contributed by atoms with Gasteiger partial charge in [0.25, 0.3) is 0 Å². The average molecular weight is 158 g/mol. The topological polar surface area (TPSA) is 35.5 Å². The van der Waals surface area contributed by atoms with Gasteiger partial charge in [-0.05, 0) is 6.42 Å². The maximum absolute atomic E-state index is 10.9. The van der Waals surface area contributed by atoms with E-state index in [1.54, 1.807) is 0 Å². The predicted molar refractivity (Wildman–Crippen MR) is 42.3 cm³/mol. The Balaban J connectivity index is 3.56. The van der Waals surface area contributed by atoms with E-state index in [2.05, 4.69) is 6.58 Å². The molecular formula is C8H14O3. The quantitative estimate of drug-likeness (QED) is 0.444. The van der Waals surface area contributed by atoms with Crippen molar-refractivity contribution in [3.63, 3.8) is 0 Å². The molecule has 0 bridgehead atoms. The van der Waals surface area contributed by atoms with Crippen molar-refractivity contribution in [2.75, 3.05) is 20.3 Å². The highest BCUT2D eigenvalue weighted by Gasteiger charge is 2.06. The summed E-state index contributed by atoms with van der Waals surface area (Å²) in [4.78, 5) is 10.9. The molecule has 0 aromatic heterocycles. The molecule has 3 nitrogen and oxygen atoms in total. The molecule has 0 N–H and O–H groups in total. The second-order valence-electron chi connectivity index (χ2n) is 2.17. The normalized spacial score (nSPS) is 9.27. The predicted octanol–water partition coefficient (Wildman–Crippen LogP) is 1.14. The van der Waals surface area contributed by atoms with Crippen molar-refractivity contribution in [1.82, 2.24) is 0 Å². The molecule has 0 spiro atoms. The van der Waals surface area contributed by atoms with Crippen LogP contribution in [0.25, 0.3) is 0 Å². The van der Waals surface area contributed by atoms with Gasteiger partial charge in [-0.1, -0.05) is 13.5 Å². The molecule has 64 valence electrons. The summed E-state index contributed by atoms with van der Waals surface area (Å²) < 4.78 is 9.49. The third-order valence-electron chi connectivity index (χ3n) is 1.04. The third kappa shape index (κ3) is 4.56. The number of esters is 1. The van der Waals surface area contributed by atoms with E-state index in [4.69, 9.17) is 9.47 Å². The van der Waals surface area contributed by atoms with Crippen LogP contribution in [0.2, 0.25) is 0 Å². The first-order chi connectivity index (χ1) is 5.22. The van der Waals surface area contributed by atoms with Gasteiger partial charge >= 0.3 is 5.97 Å². The Morgan fingerprint density at radius 1 is 1.55 bits per heavy atom. The number of carbonyl (C=O) groups is 1. The Bertz CT molecular complexity index is 140. The molecule has 11 heavy (non-hydrogen) atoms. The largest absolute Gasteiger partial charge is 0.462 e. The molecule has 0 radical (unpaired) electrons. The number of hydrogen-bond donors (Lipinski definition) is 0. The van der Waals surface area contributed by atoms with Gasteiger partial charge in [0.2, 0.25) is 0 Å². The monoisotopic (exact) mass is 158 g/mol. The minimum atomic E-state index is -0.367. The molecule has 3 heteroatoms. The first-order valence-corrected chi connectivity index (χ1v) is 3.56. The average Bonchev–Trinajstić information content (AvgIpc) is 2.00. The maximum Gasteiger partial charge on any atom is 0.335 e. The van der Waals surface area contributed by atoms with Gasteiger partial charge in [0.1, 0.15) is 0 Å². The van der Waals surface area contributed by atoms with Crippen LogP contribution < -0.4 is 0 Å². The van der Waals surface area contributed by atoms with Crippen molar-refractivity contribution in [3.05, 3.63) is 12.2 Å². The SMILES string of the molecule is C=C(COC)C(=O)OCCC. The molecule has 0 unspecified atom stereocenters. The number of methoxy groups -OCH3 is 1. The number of hydrogen-bond acceptors (Lipinski definition) is 3. The van der Waals surface area contributed by atoms with Crippen LogP contribution in [0.5, 0.6) is 0 Å². The standard InChI is InChI=1S/C8H14O3/c1-4-5-11-8(9)7(2)6-10-3/h2,4-6H2,1,3H3. The van der Waals surface area contributed by atoms with Crippen LogP contribution in [0, 0.1) is 0 Å². The van der Waals surface area contributed by atoms with E-state index < -0.39 is 0 Å². The van der Waals surface area contributed by atoms with Crippen LogP contribution in [0.3, 0.4) is 0 Å². The molecule has 0 aliphatic heterocycles. The van der Waals surface area contributed by atoms with Crippen LogP contribution in [0.4, 0.5) is 0 Å². The van der Waals surface area contributed by atoms with Crippen molar-refractivity contribution < 1.29 is 14.3 Å². The zero-order valence-corrected chi connectivity index (χ0v) is 7.05. The summed E-state index contributed by atoms with van der Waals surface area (Å²) in [5.41, 5.74) is 0.362. The fraction of sp³-hybridized carbons (Fsp3) is 0.625. The van der Waals surface area contributed by atoms with Crippen molar-refractivity contribution in [1.29, 1.82) is 0 Å². The van der Waals surface area contributed by atoms with Crippen LogP contribution >= 0.6 is 0 Å². The van der Waals surface area contributed by atoms with Gasteiger partial charge in [-0.15, -0.1) is 0 Å². The second-order valence-corrected chi connectivity index (χ2v) is 2.17. The minimum absolute atomic E-state index is 0.239. The molecule has 0 aliphatic rings. The minimum Gasteiger partial charge on any atom is -0.462 e. The lowest BCUT2D eigenvalue weighted by Gasteiger charge is -2.03. The van der Waals surface area contributed by atoms with E-state index in [0.717, 1.165) is 6.42 Å². The van der Waals surface area contributed by atoms with E-state index in [1.807, 2.05) is 6.92 Å². The molecule has 0 aliphatic carbocycles. The number of rotatable bonds is 5. The van der Waals surface area contributed by atoms with Crippen molar-refractivity contribution >= 4 is 5.97 Å². The first-order valence-electron chi connectivity index (χ1n) is 3.56. The van der Waals surface area contributed by atoms with Gasteiger partial charge in [-0.3, -0.25) is 0 Å². The second kappa shape index (κ2) is 5.92. The molecule has 0 amide bonds. The van der Waals surface area contributed by atoms with Gasteiger partial charge in [0, 0.05) is 7.11 Å². The highest BCUT2D eigenvalue weighted by molar-refractivity contribution is 5.87. The molecule has 0 heterocycles. The Morgan fingerprint density at radius 2 is 2.18 bits per heavy atom. The Hall–Kier alpha value is -0.830. The van der Waals surface area contributed by atoms with Crippen molar-refractivity contribution in [2.24, 2.45) is 0 Å². The van der Waals surface area contributed by atoms with Crippen molar-refractivity contribution in [2.45, 2.75) is 13.3 Å². The van der Waals surface area contributed by atoms with Crippen LogP contribution in [-0.2, 0) is 14.3 Å². The highest BCUT2D eigenvalue weighted by Crippen LogP contribution is 1.95. The van der Waals surface area contributed by atoms with E-state index >= 15 is 0 Å². The maximum atomic E-state index is 10.9. The van der Waals surface area contributed by atoms with Gasteiger partial charge in [-0.2, -0.15) is 0 Å². The van der Waals surface area contributed by atoms with Gasteiger partial charge in [-0.25, -0.2) is 4.79 Å². The van der Waals surface area contributed by atoms with Gasteiger partial charge in [0.15, 0.2) is 0 Å². The van der Waals surface area contributed by atoms with E-state index in [-0.39, 0.29) is 12.6 Å². The van der Waals surface area contributed by atoms with Gasteiger partial charge in [0.05, 0.1) is 18.8 Å². The Morgan fingerprint density at radius 3 is 2.64 bits per heavy atom. The molecule has 0 aromatic rings. The van der Waals surface area contributed by atoms with E-state index in [0.29, 0.717) is 12.2 Å². The van der Waals surface area contributed by atoms with E-state index in [9.17, 15) is 4.79 Å². The summed E-state index contributed by atoms with van der Waals surface area (Å²) in [5.74, 6) is -0.367. The molecule has 0 fully saturated rings. The number of ether oxygens (including phenoxy) is 2. The Labute approximate surface area is 67.0 Å². The summed E-state index contributed by atoms with van der Waals surface area (Å²) in [5, 5.41) is 0. The lowest BCUT2D eigenvalue weighted by atomic mass is 10.3. The van der Waals surface area contributed by atoms with Crippen molar-refractivity contribution in [3.8, 4) is 0 Å². The lowest BCUT2D eigenvalue weighted by Crippen LogP contribution is -2.11. The molecule has 0 saturated carbocycles. The molecule has 0 rings (SSSR count). The summed E-state index contributed by atoms with van der Waals surface area (Å²) in [7, 11) is 1.51. The van der Waals surface area contributed by atoms with E-state index in [1.165, 1.54) is 7.11 Å². The number of carbonyl (C=O) groups excluding carboxylic acids is 1. The zero-order chi connectivity index (χ0) is 8.69. The highest BCUT2D eigenvalue weighted by atomic mass is 16.5. The fourth-order valence-electron chi connectivity index (χ4n) is 0.530. The van der Waals surface area contributed by atoms with Crippen LogP contribution in [0.1, 0.15) is 13.3 Å². The molecule has 0 saturated heterocycles.